The normalized spacial score (nSPS) is 27.7. The molecule has 2 atom stereocenters. The van der Waals surface area contributed by atoms with Crippen molar-refractivity contribution >= 4 is 6.09 Å². The van der Waals surface area contributed by atoms with Crippen LogP contribution < -0.4 is 0 Å². The van der Waals surface area contributed by atoms with Crippen LogP contribution in [0.1, 0.15) is 20.8 Å². The monoisotopic (exact) mass is 205 g/mol. The highest BCUT2D eigenvalue weighted by atomic mass is 19.1. The van der Waals surface area contributed by atoms with Crippen LogP contribution in [0.5, 0.6) is 0 Å². The smallest absolute Gasteiger partial charge is 0.408 e. The molecule has 5 heteroatoms. The van der Waals surface area contributed by atoms with Crippen molar-refractivity contribution in [3.63, 3.8) is 0 Å². The fourth-order valence-corrected chi connectivity index (χ4v) is 1.68. The zero-order chi connectivity index (χ0) is 10.9. The molecule has 1 aliphatic rings. The summed E-state index contributed by atoms with van der Waals surface area (Å²) in [4.78, 5) is 12.1. The fraction of sp³-hybridized carbons (Fsp3) is 0.889. The number of alkyl halides is 1. The Balaban J connectivity index is 2.83. The lowest BCUT2D eigenvalue weighted by Crippen LogP contribution is -2.54. The maximum absolute atomic E-state index is 13.3. The molecule has 1 heterocycles. The molecule has 0 radical (unpaired) electrons. The molecule has 0 bridgehead atoms. The summed E-state index contributed by atoms with van der Waals surface area (Å²) in [5, 5.41) is 8.99. The van der Waals surface area contributed by atoms with E-state index in [2.05, 4.69) is 0 Å². The van der Waals surface area contributed by atoms with E-state index in [0.717, 1.165) is 4.90 Å². The van der Waals surface area contributed by atoms with Gasteiger partial charge in [-0.15, -0.1) is 0 Å². The number of hydrogen-bond donors (Lipinski definition) is 1. The zero-order valence-electron chi connectivity index (χ0n) is 8.66. The van der Waals surface area contributed by atoms with E-state index in [9.17, 15) is 9.18 Å². The molecule has 0 aliphatic carbocycles. The Hall–Kier alpha value is -0.840. The van der Waals surface area contributed by atoms with Crippen molar-refractivity contribution in [2.24, 2.45) is 0 Å². The third-order valence-electron chi connectivity index (χ3n) is 2.24. The second kappa shape index (κ2) is 3.73. The third-order valence-corrected chi connectivity index (χ3v) is 2.24. The van der Waals surface area contributed by atoms with Gasteiger partial charge in [-0.1, -0.05) is 0 Å². The molecule has 0 aromatic heterocycles. The topological polar surface area (TPSA) is 49.8 Å². The van der Waals surface area contributed by atoms with Gasteiger partial charge < -0.3 is 9.84 Å². The minimum atomic E-state index is -1.22. The Morgan fingerprint density at radius 2 is 2.07 bits per heavy atom. The van der Waals surface area contributed by atoms with Crippen LogP contribution in [0.2, 0.25) is 0 Å². The molecule has 1 aliphatic heterocycles. The molecule has 1 N–H and O–H groups in total. The van der Waals surface area contributed by atoms with Gasteiger partial charge in [0.15, 0.2) is 0 Å². The number of amides is 1. The first-order chi connectivity index (χ1) is 6.34. The molecule has 1 rings (SSSR count). The lowest BCUT2D eigenvalue weighted by Gasteiger charge is -2.37. The highest BCUT2D eigenvalue weighted by Crippen LogP contribution is 2.24. The van der Waals surface area contributed by atoms with Gasteiger partial charge in [-0.3, -0.25) is 4.90 Å². The number of nitrogens with zero attached hydrogens (tertiary/aromatic N) is 1. The van der Waals surface area contributed by atoms with Crippen molar-refractivity contribution in [1.29, 1.82) is 0 Å². The molecule has 0 aromatic rings. The minimum Gasteiger partial charge on any atom is -0.465 e. The van der Waals surface area contributed by atoms with Crippen LogP contribution in [-0.4, -0.2) is 47.1 Å². The summed E-state index contributed by atoms with van der Waals surface area (Å²) in [5.41, 5.74) is -0.603. The molecular weight excluding hydrogens is 189 g/mol. The van der Waals surface area contributed by atoms with Gasteiger partial charge in [0.05, 0.1) is 19.3 Å². The van der Waals surface area contributed by atoms with E-state index in [1.807, 2.05) is 0 Å². The van der Waals surface area contributed by atoms with Crippen LogP contribution in [0.15, 0.2) is 0 Å². The van der Waals surface area contributed by atoms with Crippen LogP contribution in [0, 0.1) is 0 Å². The van der Waals surface area contributed by atoms with Gasteiger partial charge in [0.2, 0.25) is 0 Å². The van der Waals surface area contributed by atoms with Crippen molar-refractivity contribution in [3.05, 3.63) is 0 Å². The fourth-order valence-electron chi connectivity index (χ4n) is 1.68. The van der Waals surface area contributed by atoms with E-state index in [1.165, 1.54) is 0 Å². The zero-order valence-corrected chi connectivity index (χ0v) is 8.66. The quantitative estimate of drug-likeness (QED) is 0.705. The predicted molar refractivity (Wildman–Crippen MR) is 49.1 cm³/mol. The number of rotatable bonds is 1. The molecule has 1 amide bonds. The molecule has 0 spiro atoms. The number of ether oxygens (including phenoxy) is 1. The lowest BCUT2D eigenvalue weighted by atomic mass is 10.0. The first-order valence-corrected chi connectivity index (χ1v) is 4.58. The highest BCUT2D eigenvalue weighted by Gasteiger charge is 2.41. The molecule has 82 valence electrons. The second-order valence-electron chi connectivity index (χ2n) is 4.44. The summed E-state index contributed by atoms with van der Waals surface area (Å²) in [6, 6.07) is -0.674. The highest BCUT2D eigenvalue weighted by molar-refractivity contribution is 5.66. The molecule has 0 unspecified atom stereocenters. The number of carbonyl (C=O) groups is 1. The molecule has 0 aromatic carbocycles. The largest absolute Gasteiger partial charge is 0.465 e. The van der Waals surface area contributed by atoms with Gasteiger partial charge in [-0.05, 0) is 20.8 Å². The average molecular weight is 205 g/mol. The van der Waals surface area contributed by atoms with Crippen LogP contribution in [0.3, 0.4) is 0 Å². The summed E-state index contributed by atoms with van der Waals surface area (Å²) in [6.07, 6.45) is -2.32. The van der Waals surface area contributed by atoms with Gasteiger partial charge in [0, 0.05) is 5.54 Å². The Kier molecular flexibility index (Phi) is 2.99. The van der Waals surface area contributed by atoms with Crippen molar-refractivity contribution in [2.75, 3.05) is 13.2 Å². The molecule has 14 heavy (non-hydrogen) atoms. The van der Waals surface area contributed by atoms with Crippen molar-refractivity contribution in [1.82, 2.24) is 4.90 Å². The van der Waals surface area contributed by atoms with Crippen LogP contribution in [-0.2, 0) is 4.74 Å². The van der Waals surface area contributed by atoms with Gasteiger partial charge in [0.1, 0.15) is 6.17 Å². The number of halogens is 1. The van der Waals surface area contributed by atoms with Crippen LogP contribution in [0.4, 0.5) is 9.18 Å². The van der Waals surface area contributed by atoms with Crippen LogP contribution in [0.25, 0.3) is 0 Å². The van der Waals surface area contributed by atoms with Gasteiger partial charge in [-0.2, -0.15) is 0 Å². The maximum Gasteiger partial charge on any atom is 0.408 e. The van der Waals surface area contributed by atoms with E-state index in [4.69, 9.17) is 9.84 Å². The Labute approximate surface area is 82.6 Å². The van der Waals surface area contributed by atoms with E-state index in [-0.39, 0.29) is 13.2 Å². The van der Waals surface area contributed by atoms with E-state index >= 15 is 0 Å². The number of hydrogen-bond acceptors (Lipinski definition) is 2. The first-order valence-electron chi connectivity index (χ1n) is 4.58. The van der Waals surface area contributed by atoms with Gasteiger partial charge in [0.25, 0.3) is 0 Å². The molecule has 4 nitrogen and oxygen atoms in total. The summed E-state index contributed by atoms with van der Waals surface area (Å²) in [6.45, 7) is 5.36. The van der Waals surface area contributed by atoms with Crippen molar-refractivity contribution in [2.45, 2.75) is 38.5 Å². The van der Waals surface area contributed by atoms with Crippen molar-refractivity contribution in [3.8, 4) is 0 Å². The molecule has 1 saturated heterocycles. The van der Waals surface area contributed by atoms with E-state index in [1.54, 1.807) is 20.8 Å². The summed E-state index contributed by atoms with van der Waals surface area (Å²) in [5.74, 6) is 0. The van der Waals surface area contributed by atoms with Gasteiger partial charge in [-0.25, -0.2) is 9.18 Å². The van der Waals surface area contributed by atoms with E-state index in [0.29, 0.717) is 0 Å². The SMILES string of the molecule is CC(C)(C)N(C(=O)O)[C@@H]1COC[C@@H]1F. The number of carboxylic acid groups (broad SMARTS) is 1. The first kappa shape index (κ1) is 11.2. The average Bonchev–Trinajstić information content (AvgIpc) is 2.32. The molecule has 0 saturated carbocycles. The minimum absolute atomic E-state index is 0.00940. The Morgan fingerprint density at radius 3 is 2.36 bits per heavy atom. The van der Waals surface area contributed by atoms with Gasteiger partial charge >= 0.3 is 6.09 Å². The third kappa shape index (κ3) is 2.15. The van der Waals surface area contributed by atoms with E-state index < -0.39 is 23.8 Å². The maximum atomic E-state index is 13.3. The van der Waals surface area contributed by atoms with Crippen molar-refractivity contribution < 1.29 is 19.0 Å². The Bertz CT molecular complexity index is 227. The standard InChI is InChI=1S/C9H16FNO3/c1-9(2,3)11(8(12)13)7-5-14-4-6(7)10/h6-7H,4-5H2,1-3H3,(H,12,13)/t6-,7+/m0/s1. The summed E-state index contributed by atoms with van der Waals surface area (Å²) in [7, 11) is 0. The molecule has 1 fully saturated rings. The molecular formula is C9H16FNO3. The second-order valence-corrected chi connectivity index (χ2v) is 4.44. The Morgan fingerprint density at radius 1 is 1.50 bits per heavy atom. The summed E-state index contributed by atoms with van der Waals surface area (Å²) < 4.78 is 18.2. The lowest BCUT2D eigenvalue weighted by molar-refractivity contribution is 0.0496. The predicted octanol–water partition coefficient (Wildman–Crippen LogP) is 1.50. The summed E-state index contributed by atoms with van der Waals surface area (Å²) >= 11 is 0. The van der Waals surface area contributed by atoms with Crippen LogP contribution >= 0.6 is 0 Å².